The van der Waals surface area contributed by atoms with Crippen molar-refractivity contribution in [2.24, 2.45) is 23.2 Å². The first-order chi connectivity index (χ1) is 18.7. The van der Waals surface area contributed by atoms with Gasteiger partial charge in [-0.05, 0) is 56.8 Å². The van der Waals surface area contributed by atoms with Crippen LogP contribution in [-0.2, 0) is 28.7 Å². The Kier molecular flexibility index (Phi) is 10.0. The van der Waals surface area contributed by atoms with E-state index in [1.165, 1.54) is 13.2 Å². The van der Waals surface area contributed by atoms with E-state index in [0.29, 0.717) is 6.54 Å². The van der Waals surface area contributed by atoms with Gasteiger partial charge in [0.2, 0.25) is 17.6 Å². The summed E-state index contributed by atoms with van der Waals surface area (Å²) in [6, 6.07) is -2.89. The molecule has 0 aromatic heterocycles. The van der Waals surface area contributed by atoms with E-state index >= 15 is 0 Å². The number of hydrogen-bond donors (Lipinski definition) is 3. The second-order valence-corrected chi connectivity index (χ2v) is 12.8. The molecule has 3 fully saturated rings. The smallest absolute Gasteiger partial charge is 0.408 e. The average Bonchev–Trinajstić information content (AvgIpc) is 3.21. The minimum absolute atomic E-state index is 0.0706. The van der Waals surface area contributed by atoms with Crippen molar-refractivity contribution >= 4 is 29.6 Å². The van der Waals surface area contributed by atoms with Gasteiger partial charge in [-0.15, -0.1) is 6.58 Å². The van der Waals surface area contributed by atoms with E-state index in [0.717, 1.165) is 32.1 Å². The Labute approximate surface area is 237 Å². The first-order valence-electron chi connectivity index (χ1n) is 14.2. The van der Waals surface area contributed by atoms with Gasteiger partial charge in [0.1, 0.15) is 23.7 Å². The van der Waals surface area contributed by atoms with E-state index in [1.54, 1.807) is 25.7 Å². The van der Waals surface area contributed by atoms with Gasteiger partial charge in [-0.2, -0.15) is 0 Å². The summed E-state index contributed by atoms with van der Waals surface area (Å²) in [5, 5.41) is 7.93. The molecule has 1 heterocycles. The van der Waals surface area contributed by atoms with Crippen LogP contribution in [-0.4, -0.2) is 85.0 Å². The van der Waals surface area contributed by atoms with Crippen LogP contribution in [0.15, 0.2) is 12.7 Å². The molecule has 1 saturated heterocycles. The lowest BCUT2D eigenvalue weighted by molar-refractivity contribution is -0.145. The third-order valence-electron chi connectivity index (χ3n) is 8.42. The van der Waals surface area contributed by atoms with Crippen molar-refractivity contribution in [3.63, 3.8) is 0 Å². The van der Waals surface area contributed by atoms with Gasteiger partial charge < -0.3 is 30.3 Å². The largest absolute Gasteiger partial charge is 0.444 e. The molecule has 11 heteroatoms. The number of piperidine rings is 1. The lowest BCUT2D eigenvalue weighted by atomic mass is 9.83. The fourth-order valence-electron chi connectivity index (χ4n) is 6.29. The monoisotopic (exact) mass is 562 g/mol. The van der Waals surface area contributed by atoms with Crippen LogP contribution in [0.4, 0.5) is 4.79 Å². The summed E-state index contributed by atoms with van der Waals surface area (Å²) >= 11 is 0. The number of ketones is 1. The third kappa shape index (κ3) is 7.21. The summed E-state index contributed by atoms with van der Waals surface area (Å²) in [7, 11) is 1.37. The maximum atomic E-state index is 14.1. The molecule has 3 rings (SSSR count). The molecule has 0 bridgehead atoms. The minimum Gasteiger partial charge on any atom is -0.444 e. The second kappa shape index (κ2) is 12.7. The molecular weight excluding hydrogens is 516 g/mol. The molecule has 224 valence electrons. The normalized spacial score (nSPS) is 25.1. The summed E-state index contributed by atoms with van der Waals surface area (Å²) in [6.07, 6.45) is 5.35. The summed E-state index contributed by atoms with van der Waals surface area (Å²) in [6.45, 7) is 13.2. The SMILES string of the molecule is C=CCNC(=O)C(=O)C(COC)NC(=O)C1C2C(CN1C(=O)C(NC(=O)OC(C)(C)C)C1CCCCC1)C2(C)C. The van der Waals surface area contributed by atoms with Gasteiger partial charge >= 0.3 is 6.09 Å². The van der Waals surface area contributed by atoms with Crippen molar-refractivity contribution in [3.8, 4) is 0 Å². The van der Waals surface area contributed by atoms with Crippen molar-refractivity contribution in [3.05, 3.63) is 12.7 Å². The Hall–Kier alpha value is -2.95. The van der Waals surface area contributed by atoms with Crippen molar-refractivity contribution in [1.29, 1.82) is 0 Å². The maximum absolute atomic E-state index is 14.1. The number of hydrogen-bond acceptors (Lipinski definition) is 7. The Balaban J connectivity index is 1.83. The predicted octanol–water partition coefficient (Wildman–Crippen LogP) is 1.95. The summed E-state index contributed by atoms with van der Waals surface area (Å²) in [4.78, 5) is 67.3. The molecule has 40 heavy (non-hydrogen) atoms. The summed E-state index contributed by atoms with van der Waals surface area (Å²) < 4.78 is 10.6. The van der Waals surface area contributed by atoms with Crippen LogP contribution in [0.2, 0.25) is 0 Å². The molecule has 3 aliphatic rings. The lowest BCUT2D eigenvalue weighted by Crippen LogP contribution is -2.60. The van der Waals surface area contributed by atoms with Crippen LogP contribution in [0.1, 0.15) is 66.7 Å². The Bertz CT molecular complexity index is 999. The number of amides is 4. The number of Topliss-reactive ketones (excluding diaryl/α,β-unsaturated/α-hetero) is 1. The van der Waals surface area contributed by atoms with Gasteiger partial charge in [-0.1, -0.05) is 39.2 Å². The van der Waals surface area contributed by atoms with Gasteiger partial charge in [0.05, 0.1) is 6.61 Å². The molecule has 11 nitrogen and oxygen atoms in total. The zero-order valence-electron chi connectivity index (χ0n) is 24.7. The maximum Gasteiger partial charge on any atom is 0.408 e. The second-order valence-electron chi connectivity index (χ2n) is 12.8. The van der Waals surface area contributed by atoms with Crippen LogP contribution >= 0.6 is 0 Å². The first-order valence-corrected chi connectivity index (χ1v) is 14.2. The lowest BCUT2D eigenvalue weighted by Gasteiger charge is -2.37. The van der Waals surface area contributed by atoms with Crippen molar-refractivity contribution in [2.75, 3.05) is 26.8 Å². The first kappa shape index (κ1) is 31.6. The van der Waals surface area contributed by atoms with E-state index < -0.39 is 47.4 Å². The predicted molar refractivity (Wildman–Crippen MR) is 148 cm³/mol. The zero-order valence-corrected chi connectivity index (χ0v) is 24.7. The van der Waals surface area contributed by atoms with Gasteiger partial charge in [0.15, 0.2) is 0 Å². The molecule has 5 unspecified atom stereocenters. The highest BCUT2D eigenvalue weighted by molar-refractivity contribution is 6.38. The number of ether oxygens (including phenoxy) is 2. The summed E-state index contributed by atoms with van der Waals surface area (Å²) in [5.74, 6) is -2.61. The number of carbonyl (C=O) groups excluding carboxylic acids is 5. The van der Waals surface area contributed by atoms with Crippen molar-refractivity contribution < 1.29 is 33.4 Å². The number of nitrogens with one attached hydrogen (secondary N) is 3. The van der Waals surface area contributed by atoms with Crippen LogP contribution in [0.3, 0.4) is 0 Å². The number of methoxy groups -OCH3 is 1. The number of nitrogens with zero attached hydrogens (tertiary/aromatic N) is 1. The number of carbonyl (C=O) groups is 5. The fraction of sp³-hybridized carbons (Fsp3) is 0.759. The van der Waals surface area contributed by atoms with Gasteiger partial charge in [-0.25, -0.2) is 4.79 Å². The molecule has 0 aromatic rings. The minimum atomic E-state index is -1.21. The van der Waals surface area contributed by atoms with E-state index in [4.69, 9.17) is 9.47 Å². The van der Waals surface area contributed by atoms with E-state index in [1.807, 2.05) is 0 Å². The number of rotatable bonds is 11. The quantitative estimate of drug-likeness (QED) is 0.258. The Morgan fingerprint density at radius 1 is 1.07 bits per heavy atom. The van der Waals surface area contributed by atoms with Crippen LogP contribution in [0.5, 0.6) is 0 Å². The standard InChI is InChI=1S/C29H46N4O7/c1-8-14-30-25(36)23(34)19(16-39-7)31-24(35)22-20-18(29(20,5)6)15-33(22)26(37)21(17-12-10-9-11-13-17)32-27(38)40-28(2,3)4/h8,17-22H,1,9-16H2,2-7H3,(H,30,36)(H,31,35)(H,32,38). The van der Waals surface area contributed by atoms with E-state index in [9.17, 15) is 24.0 Å². The molecule has 5 atom stereocenters. The Morgan fingerprint density at radius 2 is 1.73 bits per heavy atom. The highest BCUT2D eigenvalue weighted by Crippen LogP contribution is 2.65. The summed E-state index contributed by atoms with van der Waals surface area (Å²) in [5.41, 5.74) is -0.896. The molecular formula is C29H46N4O7. The average molecular weight is 563 g/mol. The highest BCUT2D eigenvalue weighted by atomic mass is 16.6. The zero-order chi connectivity index (χ0) is 29.8. The molecule has 4 amide bonds. The fourth-order valence-corrected chi connectivity index (χ4v) is 6.29. The van der Waals surface area contributed by atoms with Crippen molar-refractivity contribution in [2.45, 2.75) is 90.4 Å². The molecule has 1 aliphatic heterocycles. The molecule has 2 aliphatic carbocycles. The molecule has 0 spiro atoms. The molecule has 0 radical (unpaired) electrons. The van der Waals surface area contributed by atoms with Gasteiger partial charge in [-0.3, -0.25) is 19.2 Å². The van der Waals surface area contributed by atoms with E-state index in [2.05, 4.69) is 36.4 Å². The third-order valence-corrected chi connectivity index (χ3v) is 8.42. The molecule has 3 N–H and O–H groups in total. The topological polar surface area (TPSA) is 143 Å². The number of alkyl carbamates (subject to hydrolysis) is 1. The van der Waals surface area contributed by atoms with Gasteiger partial charge in [0, 0.05) is 20.2 Å². The number of likely N-dealkylation sites (tertiary alicyclic amines) is 1. The van der Waals surface area contributed by atoms with Crippen LogP contribution in [0, 0.1) is 23.2 Å². The van der Waals surface area contributed by atoms with Crippen molar-refractivity contribution in [1.82, 2.24) is 20.9 Å². The Morgan fingerprint density at radius 3 is 2.30 bits per heavy atom. The van der Waals surface area contributed by atoms with Crippen LogP contribution in [0.25, 0.3) is 0 Å². The van der Waals surface area contributed by atoms with E-state index in [-0.39, 0.29) is 42.2 Å². The highest BCUT2D eigenvalue weighted by Gasteiger charge is 2.69. The molecule has 0 aromatic carbocycles. The van der Waals surface area contributed by atoms with Gasteiger partial charge in [0.25, 0.3) is 5.91 Å². The number of fused-ring (bicyclic) bond motifs is 1. The molecule has 2 saturated carbocycles. The van der Waals surface area contributed by atoms with Crippen LogP contribution < -0.4 is 16.0 Å².